The molecule has 3 aromatic rings. The number of ether oxygens (including phenoxy) is 2. The fourth-order valence-electron chi connectivity index (χ4n) is 2.56. The van der Waals surface area contributed by atoms with E-state index in [0.29, 0.717) is 23.9 Å². The van der Waals surface area contributed by atoms with E-state index in [-0.39, 0.29) is 12.5 Å². The van der Waals surface area contributed by atoms with E-state index in [0.717, 1.165) is 16.9 Å². The van der Waals surface area contributed by atoms with Crippen LogP contribution < -0.4 is 14.8 Å². The van der Waals surface area contributed by atoms with Crippen molar-refractivity contribution in [3.63, 3.8) is 0 Å². The largest absolute Gasteiger partial charge is 0.497 e. The molecule has 1 amide bonds. The lowest BCUT2D eigenvalue weighted by atomic mass is 10.2. The number of carbonyl (C=O) groups is 1. The quantitative estimate of drug-likeness (QED) is 0.642. The molecule has 0 fully saturated rings. The number of carbonyl (C=O) groups excluding carboxylic acids is 1. The third-order valence-corrected chi connectivity index (χ3v) is 4.19. The Kier molecular flexibility index (Phi) is 6.26. The molecule has 1 aromatic heterocycles. The lowest BCUT2D eigenvalue weighted by Gasteiger charge is -2.16. The average Bonchev–Trinajstić information content (AvgIpc) is 3.20. The second-order valence-electron chi connectivity index (χ2n) is 6.29. The second kappa shape index (κ2) is 9.03. The maximum absolute atomic E-state index is 12.4. The molecule has 3 rings (SSSR count). The predicted molar refractivity (Wildman–Crippen MR) is 104 cm³/mol. The topological polar surface area (TPSA) is 86.5 Å². The number of nitrogens with zero attached hydrogens (tertiary/aromatic N) is 2. The number of hydrogen-bond acceptors (Lipinski definition) is 6. The van der Waals surface area contributed by atoms with Gasteiger partial charge in [0.1, 0.15) is 11.5 Å². The summed E-state index contributed by atoms with van der Waals surface area (Å²) < 4.78 is 16.1. The summed E-state index contributed by atoms with van der Waals surface area (Å²) in [4.78, 5) is 16.7. The van der Waals surface area contributed by atoms with E-state index in [1.54, 1.807) is 7.11 Å². The molecule has 2 aromatic carbocycles. The summed E-state index contributed by atoms with van der Waals surface area (Å²) in [7, 11) is 1.61. The molecule has 0 saturated heterocycles. The SMILES string of the molecule is CC[C@H](Oc1ccc(C)cc1)C(=O)NCc1nc(-c2ccc(OC)cc2)no1. The molecule has 0 radical (unpaired) electrons. The van der Waals surface area contributed by atoms with E-state index in [4.69, 9.17) is 14.0 Å². The van der Waals surface area contributed by atoms with E-state index >= 15 is 0 Å². The summed E-state index contributed by atoms with van der Waals surface area (Å²) in [5.41, 5.74) is 1.94. The van der Waals surface area contributed by atoms with Gasteiger partial charge in [-0.05, 0) is 49.7 Å². The molecule has 1 atom stereocenters. The van der Waals surface area contributed by atoms with Crippen LogP contribution >= 0.6 is 0 Å². The van der Waals surface area contributed by atoms with Gasteiger partial charge in [0.15, 0.2) is 6.10 Å². The van der Waals surface area contributed by atoms with Gasteiger partial charge in [0.25, 0.3) is 5.91 Å². The number of aromatic nitrogens is 2. The summed E-state index contributed by atoms with van der Waals surface area (Å²) in [5.74, 6) is 1.96. The van der Waals surface area contributed by atoms with Crippen LogP contribution in [-0.4, -0.2) is 29.3 Å². The van der Waals surface area contributed by atoms with Gasteiger partial charge in [0.05, 0.1) is 13.7 Å². The zero-order valence-corrected chi connectivity index (χ0v) is 16.1. The Bertz CT molecular complexity index is 904. The molecule has 0 bridgehead atoms. The molecule has 1 heterocycles. The first-order chi connectivity index (χ1) is 13.6. The van der Waals surface area contributed by atoms with Gasteiger partial charge in [0, 0.05) is 5.56 Å². The van der Waals surface area contributed by atoms with Crippen molar-refractivity contribution in [2.24, 2.45) is 0 Å². The fraction of sp³-hybridized carbons (Fsp3) is 0.286. The lowest BCUT2D eigenvalue weighted by molar-refractivity contribution is -0.128. The molecule has 146 valence electrons. The molecule has 7 nitrogen and oxygen atoms in total. The standard InChI is InChI=1S/C21H23N3O4/c1-4-18(27-17-9-5-14(2)6-10-17)21(25)22-13-19-23-20(24-28-19)15-7-11-16(26-3)12-8-15/h5-12,18H,4,13H2,1-3H3,(H,22,25)/t18-/m0/s1. The van der Waals surface area contributed by atoms with E-state index in [9.17, 15) is 4.79 Å². The van der Waals surface area contributed by atoms with Gasteiger partial charge in [0.2, 0.25) is 11.7 Å². The van der Waals surface area contributed by atoms with Gasteiger partial charge in [-0.2, -0.15) is 4.98 Å². The molecular weight excluding hydrogens is 358 g/mol. The number of methoxy groups -OCH3 is 1. The number of aryl methyl sites for hydroxylation is 1. The predicted octanol–water partition coefficient (Wildman–Crippen LogP) is 3.53. The fourth-order valence-corrected chi connectivity index (χ4v) is 2.56. The van der Waals surface area contributed by atoms with Crippen molar-refractivity contribution in [3.05, 3.63) is 60.0 Å². The summed E-state index contributed by atoms with van der Waals surface area (Å²) in [6, 6.07) is 14.9. The smallest absolute Gasteiger partial charge is 0.261 e. The molecule has 0 unspecified atom stereocenters. The van der Waals surface area contributed by atoms with Crippen molar-refractivity contribution >= 4 is 5.91 Å². The number of hydrogen-bond donors (Lipinski definition) is 1. The zero-order valence-electron chi connectivity index (χ0n) is 16.1. The van der Waals surface area contributed by atoms with Crippen molar-refractivity contribution in [2.75, 3.05) is 7.11 Å². The van der Waals surface area contributed by atoms with Crippen LogP contribution in [0.4, 0.5) is 0 Å². The van der Waals surface area contributed by atoms with Crippen LogP contribution in [0.1, 0.15) is 24.8 Å². The molecule has 0 aliphatic rings. The Morgan fingerprint density at radius 1 is 1.11 bits per heavy atom. The van der Waals surface area contributed by atoms with Crippen molar-refractivity contribution in [1.82, 2.24) is 15.5 Å². The Hall–Kier alpha value is -3.35. The van der Waals surface area contributed by atoms with Gasteiger partial charge in [-0.3, -0.25) is 4.79 Å². The number of benzene rings is 2. The van der Waals surface area contributed by atoms with E-state index < -0.39 is 6.10 Å². The minimum Gasteiger partial charge on any atom is -0.497 e. The molecule has 0 spiro atoms. The highest BCUT2D eigenvalue weighted by atomic mass is 16.5. The van der Waals surface area contributed by atoms with Crippen LogP contribution in [0.5, 0.6) is 11.5 Å². The number of amides is 1. The van der Waals surface area contributed by atoms with Gasteiger partial charge in [-0.1, -0.05) is 29.8 Å². The van der Waals surface area contributed by atoms with Crippen molar-refractivity contribution in [1.29, 1.82) is 0 Å². The molecule has 28 heavy (non-hydrogen) atoms. The molecule has 0 aliphatic carbocycles. The van der Waals surface area contributed by atoms with Crippen LogP contribution in [0.25, 0.3) is 11.4 Å². The molecular formula is C21H23N3O4. The van der Waals surface area contributed by atoms with Crippen molar-refractivity contribution < 1.29 is 18.8 Å². The molecule has 0 aliphatic heterocycles. The number of nitrogens with one attached hydrogen (secondary N) is 1. The van der Waals surface area contributed by atoms with Crippen molar-refractivity contribution in [2.45, 2.75) is 32.9 Å². The first-order valence-electron chi connectivity index (χ1n) is 9.07. The first kappa shape index (κ1) is 19.4. The Morgan fingerprint density at radius 3 is 2.43 bits per heavy atom. The normalized spacial score (nSPS) is 11.7. The van der Waals surface area contributed by atoms with Crippen LogP contribution in [0.2, 0.25) is 0 Å². The van der Waals surface area contributed by atoms with E-state index in [1.807, 2.05) is 62.4 Å². The van der Waals surface area contributed by atoms with Crippen LogP contribution in [-0.2, 0) is 11.3 Å². The third-order valence-electron chi connectivity index (χ3n) is 4.19. The van der Waals surface area contributed by atoms with Gasteiger partial charge >= 0.3 is 0 Å². The minimum atomic E-state index is -0.591. The Morgan fingerprint density at radius 2 is 1.79 bits per heavy atom. The highest BCUT2D eigenvalue weighted by Crippen LogP contribution is 2.20. The van der Waals surface area contributed by atoms with Crippen molar-refractivity contribution in [3.8, 4) is 22.9 Å². The van der Waals surface area contributed by atoms with Crippen LogP contribution in [0, 0.1) is 6.92 Å². The lowest BCUT2D eigenvalue weighted by Crippen LogP contribution is -2.37. The minimum absolute atomic E-state index is 0.135. The highest BCUT2D eigenvalue weighted by molar-refractivity contribution is 5.81. The van der Waals surface area contributed by atoms with Gasteiger partial charge < -0.3 is 19.3 Å². The summed E-state index contributed by atoms with van der Waals surface area (Å²) in [6.45, 7) is 4.03. The molecule has 0 saturated carbocycles. The molecule has 1 N–H and O–H groups in total. The average molecular weight is 381 g/mol. The maximum Gasteiger partial charge on any atom is 0.261 e. The maximum atomic E-state index is 12.4. The summed E-state index contributed by atoms with van der Waals surface area (Å²) >= 11 is 0. The van der Waals surface area contributed by atoms with Crippen LogP contribution in [0.15, 0.2) is 53.1 Å². The zero-order chi connectivity index (χ0) is 19.9. The van der Waals surface area contributed by atoms with Gasteiger partial charge in [-0.25, -0.2) is 0 Å². The Labute approximate surface area is 163 Å². The highest BCUT2D eigenvalue weighted by Gasteiger charge is 2.19. The second-order valence-corrected chi connectivity index (χ2v) is 6.29. The number of rotatable bonds is 8. The summed E-state index contributed by atoms with van der Waals surface area (Å²) in [6.07, 6.45) is -0.0487. The van der Waals surface area contributed by atoms with Crippen LogP contribution in [0.3, 0.4) is 0 Å². The van der Waals surface area contributed by atoms with E-state index in [2.05, 4.69) is 15.5 Å². The monoisotopic (exact) mass is 381 g/mol. The third kappa shape index (κ3) is 4.88. The Balaban J connectivity index is 1.57. The van der Waals surface area contributed by atoms with E-state index in [1.165, 1.54) is 0 Å². The first-order valence-corrected chi connectivity index (χ1v) is 9.07. The molecule has 7 heteroatoms. The van der Waals surface area contributed by atoms with Gasteiger partial charge in [-0.15, -0.1) is 0 Å². The summed E-state index contributed by atoms with van der Waals surface area (Å²) in [5, 5.41) is 6.74.